The molecule has 4 nitrogen and oxygen atoms in total. The van der Waals surface area contributed by atoms with Gasteiger partial charge in [0.1, 0.15) is 17.3 Å². The summed E-state index contributed by atoms with van der Waals surface area (Å²) in [7, 11) is 0. The summed E-state index contributed by atoms with van der Waals surface area (Å²) in [4.78, 5) is 15.0. The molecule has 0 bridgehead atoms. The van der Waals surface area contributed by atoms with Gasteiger partial charge in [0.05, 0.1) is 18.2 Å². The van der Waals surface area contributed by atoms with E-state index in [0.717, 1.165) is 42.9 Å². The Morgan fingerprint density at radius 3 is 2.76 bits per heavy atom. The fraction of sp³-hybridized carbons (Fsp3) is 0.350. The lowest BCUT2D eigenvalue weighted by Gasteiger charge is -2.27. The van der Waals surface area contributed by atoms with E-state index in [9.17, 15) is 9.18 Å². The molecule has 0 aliphatic carbocycles. The molecule has 2 aromatic rings. The van der Waals surface area contributed by atoms with Gasteiger partial charge in [0.25, 0.3) is 0 Å². The van der Waals surface area contributed by atoms with Gasteiger partial charge in [-0.1, -0.05) is 24.3 Å². The largest absolute Gasteiger partial charge is 0.493 e. The van der Waals surface area contributed by atoms with Crippen LogP contribution in [-0.4, -0.2) is 25.6 Å². The minimum atomic E-state index is -0.391. The Balaban J connectivity index is 1.62. The molecule has 2 aromatic carbocycles. The number of hydrogen-bond acceptors (Lipinski definition) is 3. The van der Waals surface area contributed by atoms with Crippen LogP contribution in [0.4, 0.5) is 15.8 Å². The molecule has 0 saturated carbocycles. The van der Waals surface area contributed by atoms with Crippen LogP contribution in [0.25, 0.3) is 0 Å². The van der Waals surface area contributed by atoms with Crippen LogP contribution in [0.1, 0.15) is 30.7 Å². The third kappa shape index (κ3) is 3.06. The second-order valence-corrected chi connectivity index (χ2v) is 6.54. The quantitative estimate of drug-likeness (QED) is 0.920. The highest BCUT2D eigenvalue weighted by Crippen LogP contribution is 2.36. The van der Waals surface area contributed by atoms with E-state index in [1.807, 2.05) is 30.3 Å². The number of para-hydroxylation sites is 2. The molecular formula is C20H21FN2O2. The lowest BCUT2D eigenvalue weighted by molar-refractivity contribution is -0.118. The van der Waals surface area contributed by atoms with Crippen LogP contribution in [0.3, 0.4) is 0 Å². The van der Waals surface area contributed by atoms with E-state index in [0.29, 0.717) is 18.7 Å². The molecule has 2 heterocycles. The van der Waals surface area contributed by atoms with Crippen LogP contribution in [0, 0.1) is 5.82 Å². The van der Waals surface area contributed by atoms with Crippen molar-refractivity contribution in [1.82, 2.24) is 0 Å². The lowest BCUT2D eigenvalue weighted by atomic mass is 9.92. The number of rotatable bonds is 3. The SMILES string of the molecule is O=C(Nc1c(F)cccc1N1CCCC1)C1CCOc2ccccc21. The Hall–Kier alpha value is -2.56. The number of nitrogens with one attached hydrogen (secondary N) is 1. The van der Waals surface area contributed by atoms with E-state index in [-0.39, 0.29) is 11.8 Å². The van der Waals surface area contributed by atoms with E-state index in [2.05, 4.69) is 10.2 Å². The van der Waals surface area contributed by atoms with Gasteiger partial charge in [-0.15, -0.1) is 0 Å². The van der Waals surface area contributed by atoms with Crippen LogP contribution in [0.5, 0.6) is 5.75 Å². The molecule has 0 radical (unpaired) electrons. The van der Waals surface area contributed by atoms with E-state index in [1.54, 1.807) is 6.07 Å². The van der Waals surface area contributed by atoms with E-state index < -0.39 is 5.82 Å². The van der Waals surface area contributed by atoms with Gasteiger partial charge < -0.3 is 15.0 Å². The van der Waals surface area contributed by atoms with Crippen LogP contribution in [0.15, 0.2) is 42.5 Å². The van der Waals surface area contributed by atoms with Crippen LogP contribution >= 0.6 is 0 Å². The Labute approximate surface area is 146 Å². The molecule has 1 N–H and O–H groups in total. The standard InChI is InChI=1S/C20H21FN2O2/c21-16-7-5-8-17(23-11-3-4-12-23)19(16)22-20(24)15-10-13-25-18-9-2-1-6-14(15)18/h1-2,5-9,15H,3-4,10-13H2,(H,22,24). The average Bonchev–Trinajstić information content (AvgIpc) is 3.17. The molecular weight excluding hydrogens is 319 g/mol. The van der Waals surface area contributed by atoms with Crippen molar-refractivity contribution in [2.75, 3.05) is 29.9 Å². The number of carbonyl (C=O) groups excluding carboxylic acids is 1. The Bertz CT molecular complexity index is 787. The van der Waals surface area contributed by atoms with Crippen molar-refractivity contribution in [3.63, 3.8) is 0 Å². The number of nitrogens with zero attached hydrogens (tertiary/aromatic N) is 1. The molecule has 1 amide bonds. The van der Waals surface area contributed by atoms with Gasteiger partial charge in [-0.2, -0.15) is 0 Å². The normalized spacial score (nSPS) is 19.2. The van der Waals surface area contributed by atoms with E-state index in [4.69, 9.17) is 4.74 Å². The van der Waals surface area contributed by atoms with E-state index >= 15 is 0 Å². The summed E-state index contributed by atoms with van der Waals surface area (Å²) in [5, 5.41) is 2.86. The highest BCUT2D eigenvalue weighted by molar-refractivity contribution is 5.99. The first-order valence-corrected chi connectivity index (χ1v) is 8.80. The first-order valence-electron chi connectivity index (χ1n) is 8.80. The first kappa shape index (κ1) is 15.9. The third-order valence-electron chi connectivity index (χ3n) is 4.96. The van der Waals surface area contributed by atoms with Crippen LogP contribution < -0.4 is 15.0 Å². The zero-order chi connectivity index (χ0) is 17.2. The minimum absolute atomic E-state index is 0.179. The van der Waals surface area contributed by atoms with Gasteiger partial charge in [0.2, 0.25) is 5.91 Å². The lowest BCUT2D eigenvalue weighted by Crippen LogP contribution is -2.28. The molecule has 1 fully saturated rings. The number of halogens is 1. The molecule has 25 heavy (non-hydrogen) atoms. The van der Waals surface area contributed by atoms with Gasteiger partial charge in [-0.05, 0) is 37.5 Å². The fourth-order valence-corrected chi connectivity index (χ4v) is 3.68. The molecule has 1 saturated heterocycles. The highest BCUT2D eigenvalue weighted by Gasteiger charge is 2.29. The predicted molar refractivity (Wildman–Crippen MR) is 95.8 cm³/mol. The molecule has 0 spiro atoms. The van der Waals surface area contributed by atoms with Crippen LogP contribution in [0.2, 0.25) is 0 Å². The third-order valence-corrected chi connectivity index (χ3v) is 4.96. The molecule has 1 atom stereocenters. The van der Waals surface area contributed by atoms with Crippen molar-refractivity contribution in [2.24, 2.45) is 0 Å². The number of fused-ring (bicyclic) bond motifs is 1. The van der Waals surface area contributed by atoms with Crippen molar-refractivity contribution >= 4 is 17.3 Å². The first-order chi connectivity index (χ1) is 12.2. The van der Waals surface area contributed by atoms with Crippen molar-refractivity contribution in [1.29, 1.82) is 0 Å². The zero-order valence-electron chi connectivity index (χ0n) is 14.0. The predicted octanol–water partition coefficient (Wildman–Crippen LogP) is 3.93. The van der Waals surface area contributed by atoms with Gasteiger partial charge in [0.15, 0.2) is 0 Å². The summed E-state index contributed by atoms with van der Waals surface area (Å²) in [6, 6.07) is 12.5. The Kier molecular flexibility index (Phi) is 4.30. The summed E-state index contributed by atoms with van der Waals surface area (Å²) < 4.78 is 20.1. The molecule has 2 aliphatic heterocycles. The Morgan fingerprint density at radius 1 is 1.12 bits per heavy atom. The van der Waals surface area contributed by atoms with Gasteiger partial charge in [-0.3, -0.25) is 4.79 Å². The van der Waals surface area contributed by atoms with Crippen molar-refractivity contribution < 1.29 is 13.9 Å². The fourth-order valence-electron chi connectivity index (χ4n) is 3.68. The summed E-state index contributed by atoms with van der Waals surface area (Å²) in [6.45, 7) is 2.28. The molecule has 2 aliphatic rings. The molecule has 1 unspecified atom stereocenters. The van der Waals surface area contributed by atoms with Crippen molar-refractivity contribution in [2.45, 2.75) is 25.2 Å². The highest BCUT2D eigenvalue weighted by atomic mass is 19.1. The second-order valence-electron chi connectivity index (χ2n) is 6.54. The molecule has 0 aromatic heterocycles. The number of ether oxygens (including phenoxy) is 1. The number of benzene rings is 2. The smallest absolute Gasteiger partial charge is 0.232 e. The van der Waals surface area contributed by atoms with Gasteiger partial charge >= 0.3 is 0 Å². The Morgan fingerprint density at radius 2 is 1.92 bits per heavy atom. The topological polar surface area (TPSA) is 41.6 Å². The summed E-state index contributed by atoms with van der Waals surface area (Å²) >= 11 is 0. The second kappa shape index (κ2) is 6.75. The average molecular weight is 340 g/mol. The number of hydrogen-bond donors (Lipinski definition) is 1. The number of carbonyl (C=O) groups is 1. The zero-order valence-corrected chi connectivity index (χ0v) is 14.0. The van der Waals surface area contributed by atoms with Gasteiger partial charge in [-0.25, -0.2) is 4.39 Å². The maximum absolute atomic E-state index is 14.5. The maximum atomic E-state index is 14.5. The van der Waals surface area contributed by atoms with Crippen molar-refractivity contribution in [3.8, 4) is 5.75 Å². The summed E-state index contributed by atoms with van der Waals surface area (Å²) in [5.74, 6) is -0.155. The monoisotopic (exact) mass is 340 g/mol. The van der Waals surface area contributed by atoms with Gasteiger partial charge in [0, 0.05) is 18.7 Å². The number of anilines is 2. The van der Waals surface area contributed by atoms with Crippen molar-refractivity contribution in [3.05, 3.63) is 53.8 Å². The van der Waals surface area contributed by atoms with E-state index in [1.165, 1.54) is 6.07 Å². The number of amides is 1. The molecule has 4 rings (SSSR count). The molecule has 5 heteroatoms. The summed E-state index contributed by atoms with van der Waals surface area (Å²) in [5.41, 5.74) is 1.93. The maximum Gasteiger partial charge on any atom is 0.232 e. The summed E-state index contributed by atoms with van der Waals surface area (Å²) in [6.07, 6.45) is 2.78. The minimum Gasteiger partial charge on any atom is -0.493 e. The molecule has 130 valence electrons. The van der Waals surface area contributed by atoms with Crippen LogP contribution in [-0.2, 0) is 4.79 Å².